The molecule has 0 saturated carbocycles. The van der Waals surface area contributed by atoms with E-state index < -0.39 is 0 Å². The molecule has 0 aliphatic carbocycles. The first-order chi connectivity index (χ1) is 9.56. The summed E-state index contributed by atoms with van der Waals surface area (Å²) in [6, 6.07) is 13.0. The van der Waals surface area contributed by atoms with Crippen molar-refractivity contribution in [2.45, 2.75) is 0 Å². The van der Waals surface area contributed by atoms with Crippen LogP contribution in [0.4, 0.5) is 0 Å². The Kier molecular flexibility index (Phi) is 3.77. The van der Waals surface area contributed by atoms with Gasteiger partial charge in [0.05, 0.1) is 11.1 Å². The molecule has 0 spiro atoms. The number of fused-ring (bicyclic) bond motifs is 1. The van der Waals surface area contributed by atoms with E-state index >= 15 is 0 Å². The third-order valence-electron chi connectivity index (χ3n) is 2.84. The van der Waals surface area contributed by atoms with Crippen LogP contribution in [-0.2, 0) is 0 Å². The molecular weight excluding hydrogens is 378 g/mol. The van der Waals surface area contributed by atoms with Gasteiger partial charge >= 0.3 is 0 Å². The van der Waals surface area contributed by atoms with E-state index in [9.17, 15) is 0 Å². The molecule has 2 nitrogen and oxygen atoms in total. The number of halogens is 2. The third kappa shape index (κ3) is 2.46. The Labute approximate surface area is 138 Å². The first kappa shape index (κ1) is 13.9. The first-order valence-corrected chi connectivity index (χ1v) is 7.66. The van der Waals surface area contributed by atoms with Crippen LogP contribution in [0.25, 0.3) is 16.7 Å². The van der Waals surface area contributed by atoms with Gasteiger partial charge in [-0.05, 0) is 54.7 Å². The van der Waals surface area contributed by atoms with Gasteiger partial charge in [0.15, 0.2) is 0 Å². The zero-order chi connectivity index (χ0) is 14.3. The van der Waals surface area contributed by atoms with Crippen molar-refractivity contribution in [1.29, 1.82) is 0 Å². The molecule has 2 aromatic carbocycles. The fraction of sp³-hybridized carbons (Fsp3) is 0. The predicted molar refractivity (Wildman–Crippen MR) is 89.9 cm³/mol. The van der Waals surface area contributed by atoms with Crippen molar-refractivity contribution in [2.24, 2.45) is 0 Å². The van der Waals surface area contributed by atoms with Crippen molar-refractivity contribution in [2.75, 3.05) is 0 Å². The SMILES string of the molecule is S=c1oc2ccc(Cl)cc2c(=S)n1-c1ccc(Br)cc1. The van der Waals surface area contributed by atoms with Crippen LogP contribution in [0.5, 0.6) is 0 Å². The fourth-order valence-corrected chi connectivity index (χ4v) is 3.04. The molecule has 3 aromatic rings. The average Bonchev–Trinajstić information content (AvgIpc) is 2.42. The summed E-state index contributed by atoms with van der Waals surface area (Å²) in [4.78, 5) is 0.312. The predicted octanol–water partition coefficient (Wildman–Crippen LogP) is 6.10. The topological polar surface area (TPSA) is 18.1 Å². The summed E-state index contributed by atoms with van der Waals surface area (Å²) in [5, 5.41) is 1.38. The molecule has 0 atom stereocenters. The maximum absolute atomic E-state index is 6.02. The molecule has 0 radical (unpaired) electrons. The number of benzene rings is 2. The van der Waals surface area contributed by atoms with Crippen LogP contribution >= 0.6 is 52.0 Å². The van der Waals surface area contributed by atoms with Crippen LogP contribution < -0.4 is 0 Å². The molecule has 0 unspecified atom stereocenters. The molecule has 0 N–H and O–H groups in total. The van der Waals surface area contributed by atoms with E-state index in [4.69, 9.17) is 40.5 Å². The lowest BCUT2D eigenvalue weighted by molar-refractivity contribution is 0.537. The quantitative estimate of drug-likeness (QED) is 0.472. The lowest BCUT2D eigenvalue weighted by Crippen LogP contribution is -1.99. The minimum atomic E-state index is 0.312. The van der Waals surface area contributed by atoms with Crippen molar-refractivity contribution in [3.63, 3.8) is 0 Å². The van der Waals surface area contributed by atoms with Gasteiger partial charge in [0, 0.05) is 9.50 Å². The smallest absolute Gasteiger partial charge is 0.274 e. The fourth-order valence-electron chi connectivity index (χ4n) is 1.91. The molecular formula is C14H7BrClNOS2. The molecule has 1 heterocycles. The Morgan fingerprint density at radius 3 is 2.45 bits per heavy atom. The monoisotopic (exact) mass is 383 g/mol. The zero-order valence-electron chi connectivity index (χ0n) is 9.97. The zero-order valence-corrected chi connectivity index (χ0v) is 13.9. The second-order valence-electron chi connectivity index (χ2n) is 4.13. The summed E-state index contributed by atoms with van der Waals surface area (Å²) in [5.74, 6) is 0. The van der Waals surface area contributed by atoms with E-state index in [1.807, 2.05) is 24.3 Å². The van der Waals surface area contributed by atoms with Gasteiger partial charge in [-0.3, -0.25) is 4.57 Å². The standard InChI is InChI=1S/C14H7BrClNOS2/c15-8-1-4-10(5-2-8)17-13(19)11-7-9(16)3-6-12(11)18-14(17)20/h1-7H. The van der Waals surface area contributed by atoms with Crippen molar-refractivity contribution in [3.8, 4) is 5.69 Å². The summed E-state index contributed by atoms with van der Waals surface area (Å²) in [6.07, 6.45) is 0. The number of hydrogen-bond acceptors (Lipinski definition) is 3. The minimum absolute atomic E-state index is 0.312. The Morgan fingerprint density at radius 2 is 1.75 bits per heavy atom. The van der Waals surface area contributed by atoms with Gasteiger partial charge in [-0.15, -0.1) is 0 Å². The second kappa shape index (κ2) is 5.41. The maximum Gasteiger partial charge on any atom is 0.274 e. The summed E-state index contributed by atoms with van der Waals surface area (Å²) >= 11 is 20.2. The van der Waals surface area contributed by atoms with Crippen LogP contribution in [-0.4, -0.2) is 4.57 Å². The molecule has 20 heavy (non-hydrogen) atoms. The molecule has 0 bridgehead atoms. The number of nitrogens with zero attached hydrogens (tertiary/aromatic N) is 1. The summed E-state index contributed by atoms with van der Waals surface area (Å²) in [5.41, 5.74) is 1.49. The van der Waals surface area contributed by atoms with Gasteiger partial charge in [-0.25, -0.2) is 0 Å². The highest BCUT2D eigenvalue weighted by Gasteiger charge is 2.07. The van der Waals surface area contributed by atoms with Gasteiger partial charge in [-0.2, -0.15) is 0 Å². The number of rotatable bonds is 1. The van der Waals surface area contributed by atoms with Gasteiger partial charge < -0.3 is 4.42 Å². The Morgan fingerprint density at radius 1 is 1.05 bits per heavy atom. The third-order valence-corrected chi connectivity index (χ3v) is 4.27. The van der Waals surface area contributed by atoms with E-state index in [1.165, 1.54) is 0 Å². The first-order valence-electron chi connectivity index (χ1n) is 5.67. The van der Waals surface area contributed by atoms with Gasteiger partial charge in [0.1, 0.15) is 10.2 Å². The van der Waals surface area contributed by atoms with Crippen LogP contribution in [0.15, 0.2) is 51.4 Å². The lowest BCUT2D eigenvalue weighted by atomic mass is 10.2. The van der Waals surface area contributed by atoms with Crippen LogP contribution in [0.3, 0.4) is 0 Å². The highest BCUT2D eigenvalue weighted by atomic mass is 79.9. The van der Waals surface area contributed by atoms with E-state index in [0.717, 1.165) is 15.5 Å². The molecule has 6 heteroatoms. The number of hydrogen-bond donors (Lipinski definition) is 0. The van der Waals surface area contributed by atoms with Gasteiger partial charge in [0.25, 0.3) is 4.84 Å². The summed E-state index contributed by atoms with van der Waals surface area (Å²) in [6.45, 7) is 0. The Balaban J connectivity index is 2.39. The largest absolute Gasteiger partial charge is 0.431 e. The second-order valence-corrected chi connectivity index (χ2v) is 6.21. The number of aromatic nitrogens is 1. The van der Waals surface area contributed by atoms with Crippen LogP contribution in [0.1, 0.15) is 0 Å². The van der Waals surface area contributed by atoms with Crippen molar-refractivity contribution in [1.82, 2.24) is 4.57 Å². The van der Waals surface area contributed by atoms with Crippen LogP contribution in [0.2, 0.25) is 5.02 Å². The van der Waals surface area contributed by atoms with Crippen molar-refractivity contribution < 1.29 is 4.42 Å². The van der Waals surface area contributed by atoms with Gasteiger partial charge in [0.2, 0.25) is 0 Å². The maximum atomic E-state index is 6.02. The summed E-state index contributed by atoms with van der Waals surface area (Å²) < 4.78 is 8.94. The van der Waals surface area contributed by atoms with E-state index in [0.29, 0.717) is 20.1 Å². The lowest BCUT2D eigenvalue weighted by Gasteiger charge is -2.09. The molecule has 0 amide bonds. The van der Waals surface area contributed by atoms with E-state index in [1.54, 1.807) is 22.8 Å². The molecule has 0 aliphatic rings. The average molecular weight is 385 g/mol. The molecule has 0 aliphatic heterocycles. The summed E-state index contributed by atoms with van der Waals surface area (Å²) in [7, 11) is 0. The Bertz CT molecular complexity index is 915. The minimum Gasteiger partial charge on any atom is -0.431 e. The highest BCUT2D eigenvalue weighted by Crippen LogP contribution is 2.24. The molecule has 1 aromatic heterocycles. The van der Waals surface area contributed by atoms with E-state index in [2.05, 4.69) is 15.9 Å². The molecule has 100 valence electrons. The molecule has 0 fully saturated rings. The van der Waals surface area contributed by atoms with Crippen LogP contribution in [0, 0.1) is 9.48 Å². The Hall–Kier alpha value is -1.01. The van der Waals surface area contributed by atoms with Crippen molar-refractivity contribution >= 4 is 62.9 Å². The van der Waals surface area contributed by atoms with Crippen molar-refractivity contribution in [3.05, 3.63) is 61.4 Å². The molecule has 0 saturated heterocycles. The molecule has 3 rings (SSSR count). The highest BCUT2D eigenvalue weighted by molar-refractivity contribution is 9.10. The van der Waals surface area contributed by atoms with Gasteiger partial charge in [-0.1, -0.05) is 39.7 Å². The normalized spacial score (nSPS) is 10.9. The van der Waals surface area contributed by atoms with E-state index in [-0.39, 0.29) is 0 Å².